The molecule has 8 nitrogen and oxygen atoms in total. The zero-order valence-electron chi connectivity index (χ0n) is 19.2. The molecule has 2 N–H and O–H groups in total. The number of carbonyl (C=O) groups excluding carboxylic acids is 2. The Morgan fingerprint density at radius 2 is 1.56 bits per heavy atom. The number of ether oxygens (including phenoxy) is 1. The summed E-state index contributed by atoms with van der Waals surface area (Å²) in [6.45, 7) is 0.343. The van der Waals surface area contributed by atoms with Gasteiger partial charge in [-0.05, 0) is 41.5 Å². The number of carbonyl (C=O) groups is 2. The van der Waals surface area contributed by atoms with E-state index in [2.05, 4.69) is 10.6 Å². The van der Waals surface area contributed by atoms with Crippen molar-refractivity contribution in [3.63, 3.8) is 0 Å². The number of amides is 2. The first-order valence-electron chi connectivity index (χ1n) is 10.5. The summed E-state index contributed by atoms with van der Waals surface area (Å²) in [5.74, 6) is -0.525. The SMILES string of the molecule is CNC(=O)c1cccc(CNC(=O)c2ccc(OC)c(S(=O)(=O)N(C)Cc3ccccc3)c2)c1. The van der Waals surface area contributed by atoms with Gasteiger partial charge in [-0.15, -0.1) is 0 Å². The molecule has 0 aromatic heterocycles. The molecule has 0 atom stereocenters. The molecule has 0 radical (unpaired) electrons. The van der Waals surface area contributed by atoms with Gasteiger partial charge in [0.1, 0.15) is 10.6 Å². The maximum absolute atomic E-state index is 13.3. The van der Waals surface area contributed by atoms with Gasteiger partial charge < -0.3 is 15.4 Å². The third-order valence-electron chi connectivity index (χ3n) is 5.23. The lowest BCUT2D eigenvalue weighted by Gasteiger charge is -2.19. The van der Waals surface area contributed by atoms with E-state index in [1.165, 1.54) is 36.7 Å². The second-order valence-electron chi connectivity index (χ2n) is 7.57. The summed E-state index contributed by atoms with van der Waals surface area (Å²) < 4.78 is 33.0. The average Bonchev–Trinajstić information content (AvgIpc) is 2.87. The standard InChI is InChI=1S/C25H27N3O5S/c1-26-24(29)20-11-7-10-19(14-20)16-27-25(30)21-12-13-22(33-3)23(15-21)34(31,32)28(2)17-18-8-5-4-6-9-18/h4-15H,16-17H2,1-3H3,(H,26,29)(H,27,30). The summed E-state index contributed by atoms with van der Waals surface area (Å²) in [5, 5.41) is 5.32. The van der Waals surface area contributed by atoms with Crippen molar-refractivity contribution in [3.8, 4) is 5.75 Å². The maximum Gasteiger partial charge on any atom is 0.251 e. The van der Waals surface area contributed by atoms with Crippen LogP contribution in [0.5, 0.6) is 5.75 Å². The van der Waals surface area contributed by atoms with Crippen LogP contribution in [-0.2, 0) is 23.1 Å². The van der Waals surface area contributed by atoms with Crippen LogP contribution in [0.3, 0.4) is 0 Å². The van der Waals surface area contributed by atoms with Gasteiger partial charge >= 0.3 is 0 Å². The molecule has 3 aromatic rings. The molecule has 34 heavy (non-hydrogen) atoms. The molecule has 0 aliphatic heterocycles. The van der Waals surface area contributed by atoms with E-state index >= 15 is 0 Å². The largest absolute Gasteiger partial charge is 0.495 e. The van der Waals surface area contributed by atoms with Gasteiger partial charge in [0.05, 0.1) is 7.11 Å². The fraction of sp³-hybridized carbons (Fsp3) is 0.200. The Morgan fingerprint density at radius 1 is 0.882 bits per heavy atom. The normalized spacial score (nSPS) is 11.2. The van der Waals surface area contributed by atoms with Crippen LogP contribution in [0.15, 0.2) is 77.7 Å². The number of methoxy groups -OCH3 is 1. The van der Waals surface area contributed by atoms with Crippen molar-refractivity contribution in [2.24, 2.45) is 0 Å². The van der Waals surface area contributed by atoms with Gasteiger partial charge in [0.2, 0.25) is 10.0 Å². The minimum absolute atomic E-state index is 0.0947. The molecule has 3 rings (SSSR count). The molecule has 0 fully saturated rings. The Kier molecular flexibility index (Phi) is 8.04. The van der Waals surface area contributed by atoms with Crippen molar-refractivity contribution in [1.29, 1.82) is 0 Å². The third-order valence-corrected chi connectivity index (χ3v) is 7.06. The van der Waals surface area contributed by atoms with Crippen molar-refractivity contribution in [2.75, 3.05) is 21.2 Å². The van der Waals surface area contributed by atoms with Gasteiger partial charge in [0, 0.05) is 38.3 Å². The van der Waals surface area contributed by atoms with Crippen LogP contribution in [-0.4, -0.2) is 45.7 Å². The number of benzene rings is 3. The monoisotopic (exact) mass is 481 g/mol. The molecular weight excluding hydrogens is 454 g/mol. The van der Waals surface area contributed by atoms with Crippen molar-refractivity contribution < 1.29 is 22.7 Å². The highest BCUT2D eigenvalue weighted by Crippen LogP contribution is 2.28. The number of hydrogen-bond donors (Lipinski definition) is 2. The number of nitrogens with one attached hydrogen (secondary N) is 2. The minimum Gasteiger partial charge on any atom is -0.495 e. The van der Waals surface area contributed by atoms with E-state index in [0.717, 1.165) is 11.1 Å². The summed E-state index contributed by atoms with van der Waals surface area (Å²) in [4.78, 5) is 24.5. The Bertz CT molecular complexity index is 1280. The van der Waals surface area contributed by atoms with Crippen LogP contribution in [0.2, 0.25) is 0 Å². The second-order valence-corrected chi connectivity index (χ2v) is 9.59. The summed E-state index contributed by atoms with van der Waals surface area (Å²) >= 11 is 0. The first kappa shape index (κ1) is 24.9. The molecule has 9 heteroatoms. The number of rotatable bonds is 9. The summed E-state index contributed by atoms with van der Waals surface area (Å²) in [5.41, 5.74) is 2.22. The molecular formula is C25H27N3O5S. The molecule has 0 bridgehead atoms. The average molecular weight is 482 g/mol. The predicted molar refractivity (Wildman–Crippen MR) is 129 cm³/mol. The molecule has 3 aromatic carbocycles. The Morgan fingerprint density at radius 3 is 2.24 bits per heavy atom. The van der Waals surface area contributed by atoms with Crippen LogP contribution in [0.4, 0.5) is 0 Å². The number of hydrogen-bond acceptors (Lipinski definition) is 5. The first-order valence-corrected chi connectivity index (χ1v) is 12.0. The maximum atomic E-state index is 13.3. The van der Waals surface area contributed by atoms with Crippen LogP contribution >= 0.6 is 0 Å². The highest BCUT2D eigenvalue weighted by atomic mass is 32.2. The van der Waals surface area contributed by atoms with Crippen molar-refractivity contribution >= 4 is 21.8 Å². The number of nitrogens with zero attached hydrogens (tertiary/aromatic N) is 1. The molecule has 0 saturated heterocycles. The lowest BCUT2D eigenvalue weighted by atomic mass is 10.1. The minimum atomic E-state index is -3.94. The molecule has 0 unspecified atom stereocenters. The lowest BCUT2D eigenvalue weighted by Crippen LogP contribution is -2.28. The Labute approximate surface area is 199 Å². The molecule has 178 valence electrons. The van der Waals surface area contributed by atoms with E-state index in [9.17, 15) is 18.0 Å². The van der Waals surface area contributed by atoms with Crippen molar-refractivity contribution in [3.05, 3.63) is 95.1 Å². The van der Waals surface area contributed by atoms with E-state index in [0.29, 0.717) is 5.56 Å². The quantitative estimate of drug-likeness (QED) is 0.489. The summed E-state index contributed by atoms with van der Waals surface area (Å²) in [6.07, 6.45) is 0. The Hall–Kier alpha value is -3.69. The van der Waals surface area contributed by atoms with Gasteiger partial charge in [-0.3, -0.25) is 9.59 Å². The molecule has 0 heterocycles. The van der Waals surface area contributed by atoms with E-state index in [4.69, 9.17) is 4.74 Å². The molecule has 0 spiro atoms. The predicted octanol–water partition coefficient (Wildman–Crippen LogP) is 2.81. The fourth-order valence-corrected chi connectivity index (χ4v) is 4.70. The zero-order chi connectivity index (χ0) is 24.7. The molecule has 0 aliphatic rings. The van der Waals surface area contributed by atoms with Crippen LogP contribution < -0.4 is 15.4 Å². The second kappa shape index (κ2) is 11.0. The molecule has 2 amide bonds. The van der Waals surface area contributed by atoms with E-state index in [1.54, 1.807) is 31.3 Å². The van der Waals surface area contributed by atoms with Gasteiger partial charge in [0.25, 0.3) is 11.8 Å². The van der Waals surface area contributed by atoms with Crippen LogP contribution in [0.25, 0.3) is 0 Å². The molecule has 0 aliphatic carbocycles. The van der Waals surface area contributed by atoms with Crippen molar-refractivity contribution in [2.45, 2.75) is 18.0 Å². The summed E-state index contributed by atoms with van der Waals surface area (Å²) in [6, 6.07) is 20.4. The van der Waals surface area contributed by atoms with Crippen LogP contribution in [0.1, 0.15) is 31.8 Å². The van der Waals surface area contributed by atoms with Gasteiger partial charge in [-0.25, -0.2) is 8.42 Å². The zero-order valence-corrected chi connectivity index (χ0v) is 20.1. The highest BCUT2D eigenvalue weighted by Gasteiger charge is 2.26. The lowest BCUT2D eigenvalue weighted by molar-refractivity contribution is 0.0948. The van der Waals surface area contributed by atoms with Gasteiger partial charge in [-0.2, -0.15) is 4.31 Å². The van der Waals surface area contributed by atoms with E-state index in [1.807, 2.05) is 30.3 Å². The van der Waals surface area contributed by atoms with Crippen LogP contribution in [0, 0.1) is 0 Å². The highest BCUT2D eigenvalue weighted by molar-refractivity contribution is 7.89. The van der Waals surface area contributed by atoms with Gasteiger partial charge in [0.15, 0.2) is 0 Å². The van der Waals surface area contributed by atoms with E-state index < -0.39 is 15.9 Å². The van der Waals surface area contributed by atoms with E-state index in [-0.39, 0.29) is 35.2 Å². The summed E-state index contributed by atoms with van der Waals surface area (Å²) in [7, 11) is 0.468. The first-order chi connectivity index (χ1) is 16.3. The third kappa shape index (κ3) is 5.81. The van der Waals surface area contributed by atoms with Crippen molar-refractivity contribution in [1.82, 2.24) is 14.9 Å². The molecule has 0 saturated carbocycles. The fourth-order valence-electron chi connectivity index (χ4n) is 3.36. The topological polar surface area (TPSA) is 105 Å². The van der Waals surface area contributed by atoms with Gasteiger partial charge in [-0.1, -0.05) is 42.5 Å². The smallest absolute Gasteiger partial charge is 0.251 e. The number of sulfonamides is 1. The Balaban J connectivity index is 1.80.